The quantitative estimate of drug-likeness (QED) is 0.290. The summed E-state index contributed by atoms with van der Waals surface area (Å²) < 4.78 is 17.8. The zero-order valence-corrected chi connectivity index (χ0v) is 21.5. The van der Waals surface area contributed by atoms with E-state index in [9.17, 15) is 9.59 Å². The molecule has 0 aliphatic carbocycles. The Morgan fingerprint density at radius 1 is 1.05 bits per heavy atom. The fourth-order valence-corrected chi connectivity index (χ4v) is 4.54. The van der Waals surface area contributed by atoms with Gasteiger partial charge in [0.1, 0.15) is 5.58 Å². The molecular formula is C28H26ClN3O5. The molecule has 1 aliphatic rings. The molecule has 0 N–H and O–H groups in total. The molecule has 37 heavy (non-hydrogen) atoms. The predicted octanol–water partition coefficient (Wildman–Crippen LogP) is 5.81. The fraction of sp³-hybridized carbons (Fsp3) is 0.286. The highest BCUT2D eigenvalue weighted by atomic mass is 35.5. The molecule has 1 atom stereocenters. The number of anilines is 1. The van der Waals surface area contributed by atoms with Gasteiger partial charge < -0.3 is 13.9 Å². The second-order valence-electron chi connectivity index (χ2n) is 9.11. The first-order valence-corrected chi connectivity index (χ1v) is 12.5. The molecule has 1 aliphatic heterocycles. The topological polar surface area (TPSA) is 94.8 Å². The van der Waals surface area contributed by atoms with Gasteiger partial charge in [0.25, 0.3) is 5.91 Å². The van der Waals surface area contributed by atoms with Crippen molar-refractivity contribution in [2.24, 2.45) is 5.92 Å². The molecule has 5 rings (SSSR count). The molecule has 4 aromatic rings. The third kappa shape index (κ3) is 4.64. The van der Waals surface area contributed by atoms with Crippen LogP contribution in [0.15, 0.2) is 64.1 Å². The van der Waals surface area contributed by atoms with Crippen molar-refractivity contribution in [2.45, 2.75) is 33.2 Å². The summed E-state index contributed by atoms with van der Waals surface area (Å²) >= 11 is 6.17. The largest absolute Gasteiger partial charge is 0.490 e. The lowest BCUT2D eigenvalue weighted by Crippen LogP contribution is -2.31. The molecule has 0 saturated heterocycles. The average Bonchev–Trinajstić information content (AvgIpc) is 3.18. The number of rotatable bonds is 8. The molecule has 0 spiro atoms. The number of hydrogen-bond acceptors (Lipinski definition) is 7. The Labute approximate surface area is 218 Å². The van der Waals surface area contributed by atoms with Crippen molar-refractivity contribution in [3.63, 3.8) is 0 Å². The van der Waals surface area contributed by atoms with E-state index in [0.717, 1.165) is 6.42 Å². The highest BCUT2D eigenvalue weighted by Gasteiger charge is 2.45. The molecular weight excluding hydrogens is 494 g/mol. The van der Waals surface area contributed by atoms with Crippen molar-refractivity contribution in [1.82, 2.24) is 9.97 Å². The molecule has 0 saturated carbocycles. The molecule has 9 heteroatoms. The van der Waals surface area contributed by atoms with Crippen molar-refractivity contribution in [1.29, 1.82) is 0 Å². The lowest BCUT2D eigenvalue weighted by Gasteiger charge is -2.24. The van der Waals surface area contributed by atoms with Gasteiger partial charge in [0.2, 0.25) is 11.7 Å². The van der Waals surface area contributed by atoms with Crippen molar-refractivity contribution in [2.75, 3.05) is 18.1 Å². The lowest BCUT2D eigenvalue weighted by molar-refractivity contribution is 0.0969. The number of fused-ring (bicyclic) bond motifs is 2. The number of nitrogens with zero attached hydrogens (tertiary/aromatic N) is 3. The van der Waals surface area contributed by atoms with Gasteiger partial charge in [0.15, 0.2) is 16.9 Å². The van der Waals surface area contributed by atoms with Crippen LogP contribution in [0, 0.1) is 5.92 Å². The number of hydrogen-bond donors (Lipinski definition) is 0. The molecule has 2 aromatic carbocycles. The molecule has 0 radical (unpaired) electrons. The fourth-order valence-electron chi connectivity index (χ4n) is 4.37. The van der Waals surface area contributed by atoms with Crippen molar-refractivity contribution in [3.05, 3.63) is 87.0 Å². The van der Waals surface area contributed by atoms with Crippen LogP contribution in [-0.4, -0.2) is 29.1 Å². The minimum Gasteiger partial charge on any atom is -0.490 e. The van der Waals surface area contributed by atoms with Crippen LogP contribution in [0.5, 0.6) is 11.5 Å². The van der Waals surface area contributed by atoms with Crippen LogP contribution in [0.1, 0.15) is 54.9 Å². The van der Waals surface area contributed by atoms with E-state index >= 15 is 0 Å². The predicted molar refractivity (Wildman–Crippen MR) is 141 cm³/mol. The third-order valence-corrected chi connectivity index (χ3v) is 6.37. The number of carbonyl (C=O) groups excluding carboxylic acids is 1. The van der Waals surface area contributed by atoms with E-state index in [-0.39, 0.29) is 28.3 Å². The van der Waals surface area contributed by atoms with Crippen LogP contribution in [-0.2, 0) is 0 Å². The number of amides is 1. The first-order chi connectivity index (χ1) is 17.9. The van der Waals surface area contributed by atoms with Crippen LogP contribution in [0.3, 0.4) is 0 Å². The Bertz CT molecular complexity index is 1520. The minimum absolute atomic E-state index is 0.0486. The highest BCUT2D eigenvalue weighted by molar-refractivity contribution is 6.31. The van der Waals surface area contributed by atoms with Crippen molar-refractivity contribution < 1.29 is 18.7 Å². The maximum absolute atomic E-state index is 13.8. The maximum Gasteiger partial charge on any atom is 0.297 e. The molecule has 2 aromatic heterocycles. The monoisotopic (exact) mass is 519 g/mol. The average molecular weight is 520 g/mol. The maximum atomic E-state index is 13.8. The van der Waals surface area contributed by atoms with Gasteiger partial charge in [-0.25, -0.2) is 9.97 Å². The van der Waals surface area contributed by atoms with E-state index in [1.54, 1.807) is 48.8 Å². The summed E-state index contributed by atoms with van der Waals surface area (Å²) in [7, 11) is 0. The SMILES string of the molecule is CCOc1cc(C2c3c(oc4ccc(Cl)cc4c3=O)C(=O)N2c2ncccn2)ccc1OCCC(C)C. The van der Waals surface area contributed by atoms with E-state index in [2.05, 4.69) is 23.8 Å². The van der Waals surface area contributed by atoms with Gasteiger partial charge in [0, 0.05) is 17.4 Å². The summed E-state index contributed by atoms with van der Waals surface area (Å²) in [5.74, 6) is 1.21. The zero-order valence-electron chi connectivity index (χ0n) is 20.7. The summed E-state index contributed by atoms with van der Waals surface area (Å²) in [6, 6.07) is 11.0. The van der Waals surface area contributed by atoms with Crippen molar-refractivity contribution >= 4 is 34.4 Å². The van der Waals surface area contributed by atoms with Gasteiger partial charge in [0.05, 0.1) is 30.2 Å². The molecule has 1 unspecified atom stereocenters. The van der Waals surface area contributed by atoms with Crippen LogP contribution >= 0.6 is 11.6 Å². The van der Waals surface area contributed by atoms with Gasteiger partial charge in [-0.15, -0.1) is 0 Å². The molecule has 1 amide bonds. The Kier molecular flexibility index (Phi) is 6.84. The van der Waals surface area contributed by atoms with E-state index in [4.69, 9.17) is 25.5 Å². The number of carbonyl (C=O) groups is 1. The summed E-state index contributed by atoms with van der Waals surface area (Å²) in [5, 5.41) is 0.684. The summed E-state index contributed by atoms with van der Waals surface area (Å²) in [6.45, 7) is 7.11. The second-order valence-corrected chi connectivity index (χ2v) is 9.55. The van der Waals surface area contributed by atoms with Crippen LogP contribution < -0.4 is 19.8 Å². The van der Waals surface area contributed by atoms with E-state index < -0.39 is 11.9 Å². The second kappa shape index (κ2) is 10.2. The Morgan fingerprint density at radius 2 is 1.84 bits per heavy atom. The lowest BCUT2D eigenvalue weighted by atomic mass is 9.98. The van der Waals surface area contributed by atoms with Crippen LogP contribution in [0.25, 0.3) is 11.0 Å². The minimum atomic E-state index is -0.839. The smallest absolute Gasteiger partial charge is 0.297 e. The standard InChI is InChI=1S/C28H26ClN3O5/c1-4-35-22-14-17(6-8-21(22)36-13-10-16(2)3)24-23-25(33)19-15-18(29)7-9-20(19)37-26(23)27(34)32(24)28-30-11-5-12-31-28/h5-9,11-12,14-16,24H,4,10,13H2,1-3H3. The summed E-state index contributed by atoms with van der Waals surface area (Å²) in [5.41, 5.74) is 0.766. The number of ether oxygens (including phenoxy) is 2. The van der Waals surface area contributed by atoms with E-state index in [1.807, 2.05) is 13.0 Å². The van der Waals surface area contributed by atoms with Crippen molar-refractivity contribution in [3.8, 4) is 11.5 Å². The first-order valence-electron chi connectivity index (χ1n) is 12.2. The van der Waals surface area contributed by atoms with Crippen LogP contribution in [0.2, 0.25) is 5.02 Å². The van der Waals surface area contributed by atoms with Gasteiger partial charge in [-0.05, 0) is 61.2 Å². The van der Waals surface area contributed by atoms with E-state index in [1.165, 1.54) is 4.90 Å². The zero-order chi connectivity index (χ0) is 26.1. The molecule has 0 bridgehead atoms. The summed E-state index contributed by atoms with van der Waals surface area (Å²) in [6.07, 6.45) is 3.98. The van der Waals surface area contributed by atoms with Gasteiger partial charge in [-0.1, -0.05) is 31.5 Å². The van der Waals surface area contributed by atoms with Crippen LogP contribution in [0.4, 0.5) is 5.95 Å². The number of benzene rings is 2. The van der Waals surface area contributed by atoms with E-state index in [0.29, 0.717) is 46.6 Å². The van der Waals surface area contributed by atoms with Gasteiger partial charge >= 0.3 is 0 Å². The normalized spacial score (nSPS) is 14.9. The molecule has 3 heterocycles. The molecule has 0 fully saturated rings. The Balaban J connectivity index is 1.68. The van der Waals surface area contributed by atoms with Gasteiger partial charge in [-0.3, -0.25) is 14.5 Å². The van der Waals surface area contributed by atoms with Gasteiger partial charge in [-0.2, -0.15) is 0 Å². The molecule has 190 valence electrons. The third-order valence-electron chi connectivity index (χ3n) is 6.14. The Hall–Kier alpha value is -3.91. The first kappa shape index (κ1) is 24.8. The number of aromatic nitrogens is 2. The Morgan fingerprint density at radius 3 is 2.57 bits per heavy atom. The highest BCUT2D eigenvalue weighted by Crippen LogP contribution is 2.42. The number of halogens is 1. The summed E-state index contributed by atoms with van der Waals surface area (Å²) in [4.78, 5) is 37.4. The molecule has 8 nitrogen and oxygen atoms in total.